The van der Waals surface area contributed by atoms with Crippen LogP contribution in [0, 0.1) is 0 Å². The van der Waals surface area contributed by atoms with Crippen molar-refractivity contribution in [3.63, 3.8) is 0 Å². The van der Waals surface area contributed by atoms with E-state index < -0.39 is 6.10 Å². The fraction of sp³-hybridized carbons (Fsp3) is 0.400. The van der Waals surface area contributed by atoms with E-state index in [2.05, 4.69) is 0 Å². The largest absolute Gasteiger partial charge is 0.488 e. The molecule has 78 valence electrons. The van der Waals surface area contributed by atoms with Crippen LogP contribution in [0.4, 0.5) is 0 Å². The highest BCUT2D eigenvalue weighted by Gasteiger charge is 2.10. The minimum Gasteiger partial charge on any atom is -0.488 e. The zero-order valence-electron chi connectivity index (χ0n) is 8.00. The van der Waals surface area contributed by atoms with Crippen molar-refractivity contribution < 1.29 is 9.84 Å². The first-order chi connectivity index (χ1) is 6.50. The van der Waals surface area contributed by atoms with Crippen LogP contribution in [0.25, 0.3) is 0 Å². The molecule has 4 heteroatoms. The van der Waals surface area contributed by atoms with Gasteiger partial charge < -0.3 is 9.84 Å². The molecule has 0 saturated carbocycles. The monoisotopic (exact) mass is 234 g/mol. The van der Waals surface area contributed by atoms with Gasteiger partial charge >= 0.3 is 0 Å². The van der Waals surface area contributed by atoms with Gasteiger partial charge in [0.25, 0.3) is 0 Å². The Morgan fingerprint density at radius 1 is 1.21 bits per heavy atom. The predicted molar refractivity (Wildman–Crippen MR) is 58.2 cm³/mol. The van der Waals surface area contributed by atoms with E-state index in [0.717, 1.165) is 0 Å². The summed E-state index contributed by atoms with van der Waals surface area (Å²) < 4.78 is 5.42. The quantitative estimate of drug-likeness (QED) is 0.871. The van der Waals surface area contributed by atoms with Crippen LogP contribution in [0.5, 0.6) is 5.75 Å². The van der Waals surface area contributed by atoms with Gasteiger partial charge in [0.15, 0.2) is 0 Å². The molecule has 1 rings (SSSR count). The van der Waals surface area contributed by atoms with Gasteiger partial charge in [-0.25, -0.2) is 0 Å². The predicted octanol–water partition coefficient (Wildman–Crippen LogP) is 3.14. The molecule has 0 aliphatic carbocycles. The van der Waals surface area contributed by atoms with Gasteiger partial charge in [0.1, 0.15) is 11.9 Å². The molecule has 0 aliphatic heterocycles. The molecule has 2 atom stereocenters. The number of aliphatic hydroxyl groups is 1. The highest BCUT2D eigenvalue weighted by molar-refractivity contribution is 6.42. The topological polar surface area (TPSA) is 29.5 Å². The van der Waals surface area contributed by atoms with Gasteiger partial charge in [-0.15, -0.1) is 0 Å². The lowest BCUT2D eigenvalue weighted by atomic mass is 10.2. The number of hydrogen-bond acceptors (Lipinski definition) is 2. The molecule has 0 saturated heterocycles. The van der Waals surface area contributed by atoms with Crippen LogP contribution in [-0.2, 0) is 0 Å². The lowest BCUT2D eigenvalue weighted by Crippen LogP contribution is -2.25. The van der Waals surface area contributed by atoms with Gasteiger partial charge in [0.2, 0.25) is 0 Å². The second-order valence-corrected chi connectivity index (χ2v) is 3.95. The second kappa shape index (κ2) is 4.87. The van der Waals surface area contributed by atoms with Crippen molar-refractivity contribution in [1.29, 1.82) is 0 Å². The van der Waals surface area contributed by atoms with E-state index in [9.17, 15) is 5.11 Å². The number of benzene rings is 1. The zero-order chi connectivity index (χ0) is 10.7. The van der Waals surface area contributed by atoms with Crippen LogP contribution in [0.15, 0.2) is 18.2 Å². The summed E-state index contributed by atoms with van der Waals surface area (Å²) in [6.45, 7) is 3.45. The molecule has 14 heavy (non-hydrogen) atoms. The van der Waals surface area contributed by atoms with E-state index in [4.69, 9.17) is 27.9 Å². The molecule has 0 radical (unpaired) electrons. The van der Waals surface area contributed by atoms with Crippen molar-refractivity contribution in [2.45, 2.75) is 26.1 Å². The van der Waals surface area contributed by atoms with Gasteiger partial charge in [-0.2, -0.15) is 0 Å². The summed E-state index contributed by atoms with van der Waals surface area (Å²) in [4.78, 5) is 0. The molecule has 0 bridgehead atoms. The summed E-state index contributed by atoms with van der Waals surface area (Å²) in [5, 5.41) is 10.2. The SMILES string of the molecule is CC(O)C(C)Oc1ccc(Cl)c(Cl)c1. The third kappa shape index (κ3) is 3.05. The average Bonchev–Trinajstić information content (AvgIpc) is 2.11. The summed E-state index contributed by atoms with van der Waals surface area (Å²) in [7, 11) is 0. The lowest BCUT2D eigenvalue weighted by molar-refractivity contribution is 0.0604. The molecule has 0 aliphatic rings. The summed E-state index contributed by atoms with van der Waals surface area (Å²) >= 11 is 11.5. The molecule has 0 amide bonds. The van der Waals surface area contributed by atoms with Gasteiger partial charge in [0.05, 0.1) is 16.1 Å². The molecule has 0 fully saturated rings. The van der Waals surface area contributed by atoms with E-state index in [1.807, 2.05) is 0 Å². The normalized spacial score (nSPS) is 14.9. The summed E-state index contributed by atoms with van der Waals surface area (Å²) in [5.41, 5.74) is 0. The lowest BCUT2D eigenvalue weighted by Gasteiger charge is -2.17. The number of ether oxygens (including phenoxy) is 1. The Morgan fingerprint density at radius 3 is 2.36 bits per heavy atom. The Bertz CT molecular complexity index is 313. The highest BCUT2D eigenvalue weighted by atomic mass is 35.5. The van der Waals surface area contributed by atoms with Crippen LogP contribution in [0.2, 0.25) is 10.0 Å². The minimum absolute atomic E-state index is 0.271. The van der Waals surface area contributed by atoms with E-state index in [1.165, 1.54) is 0 Å². The summed E-state index contributed by atoms with van der Waals surface area (Å²) in [6, 6.07) is 5.00. The molecule has 1 N–H and O–H groups in total. The maximum Gasteiger partial charge on any atom is 0.121 e. The van der Waals surface area contributed by atoms with Crippen LogP contribution < -0.4 is 4.74 Å². The number of halogens is 2. The van der Waals surface area contributed by atoms with Crippen molar-refractivity contribution in [3.8, 4) is 5.75 Å². The van der Waals surface area contributed by atoms with Crippen LogP contribution in [0.3, 0.4) is 0 Å². The first kappa shape index (κ1) is 11.6. The Labute approximate surface area is 93.4 Å². The Balaban J connectivity index is 2.73. The molecule has 0 aromatic heterocycles. The average molecular weight is 235 g/mol. The third-order valence-corrected chi connectivity index (χ3v) is 2.63. The molecule has 0 heterocycles. The summed E-state index contributed by atoms with van der Waals surface area (Å²) in [6.07, 6.45) is -0.795. The number of rotatable bonds is 3. The summed E-state index contributed by atoms with van der Waals surface area (Å²) in [5.74, 6) is 0.604. The van der Waals surface area contributed by atoms with Crippen LogP contribution in [-0.4, -0.2) is 17.3 Å². The zero-order valence-corrected chi connectivity index (χ0v) is 9.51. The molecule has 0 spiro atoms. The first-order valence-corrected chi connectivity index (χ1v) is 5.06. The molecule has 2 unspecified atom stereocenters. The van der Waals surface area contributed by atoms with Crippen molar-refractivity contribution >= 4 is 23.2 Å². The van der Waals surface area contributed by atoms with Gasteiger partial charge in [-0.05, 0) is 26.0 Å². The third-order valence-electron chi connectivity index (χ3n) is 1.89. The van der Waals surface area contributed by atoms with Crippen molar-refractivity contribution in [3.05, 3.63) is 28.2 Å². The van der Waals surface area contributed by atoms with Crippen molar-refractivity contribution in [2.75, 3.05) is 0 Å². The number of aliphatic hydroxyl groups excluding tert-OH is 1. The van der Waals surface area contributed by atoms with Crippen LogP contribution >= 0.6 is 23.2 Å². The molecule has 2 nitrogen and oxygen atoms in total. The second-order valence-electron chi connectivity index (χ2n) is 3.14. The number of hydrogen-bond donors (Lipinski definition) is 1. The van der Waals surface area contributed by atoms with E-state index >= 15 is 0 Å². The van der Waals surface area contributed by atoms with Crippen molar-refractivity contribution in [1.82, 2.24) is 0 Å². The van der Waals surface area contributed by atoms with E-state index in [0.29, 0.717) is 15.8 Å². The maximum atomic E-state index is 9.22. The minimum atomic E-state index is -0.524. The molecule has 1 aromatic carbocycles. The van der Waals surface area contributed by atoms with Gasteiger partial charge in [-0.1, -0.05) is 23.2 Å². The van der Waals surface area contributed by atoms with E-state index in [-0.39, 0.29) is 6.10 Å². The Hall–Kier alpha value is -0.440. The van der Waals surface area contributed by atoms with Gasteiger partial charge in [0, 0.05) is 6.07 Å². The standard InChI is InChI=1S/C10H12Cl2O2/c1-6(13)7(2)14-8-3-4-9(11)10(12)5-8/h3-7,13H,1-2H3. The smallest absolute Gasteiger partial charge is 0.121 e. The molecule has 1 aromatic rings. The molecular weight excluding hydrogens is 223 g/mol. The van der Waals surface area contributed by atoms with Crippen molar-refractivity contribution in [2.24, 2.45) is 0 Å². The van der Waals surface area contributed by atoms with Gasteiger partial charge in [-0.3, -0.25) is 0 Å². The Kier molecular flexibility index (Phi) is 4.05. The highest BCUT2D eigenvalue weighted by Crippen LogP contribution is 2.26. The molecular formula is C10H12Cl2O2. The Morgan fingerprint density at radius 2 is 1.86 bits per heavy atom. The van der Waals surface area contributed by atoms with Crippen LogP contribution in [0.1, 0.15) is 13.8 Å². The first-order valence-electron chi connectivity index (χ1n) is 4.30. The fourth-order valence-electron chi connectivity index (χ4n) is 0.863. The maximum absolute atomic E-state index is 9.22. The fourth-order valence-corrected chi connectivity index (χ4v) is 1.15. The van der Waals surface area contributed by atoms with E-state index in [1.54, 1.807) is 32.0 Å².